The molecule has 2 aromatic carbocycles. The summed E-state index contributed by atoms with van der Waals surface area (Å²) in [6, 6.07) is 10.9. The second kappa shape index (κ2) is 10.7. The topological polar surface area (TPSA) is 104 Å². The van der Waals surface area contributed by atoms with Gasteiger partial charge >= 0.3 is 0 Å². The smallest absolute Gasteiger partial charge is 0.243 e. The molecule has 0 atom stereocenters. The van der Waals surface area contributed by atoms with Gasteiger partial charge in [0.2, 0.25) is 26.0 Å². The van der Waals surface area contributed by atoms with E-state index < -0.39 is 20.0 Å². The molecule has 0 unspecified atom stereocenters. The average molecular weight is 561 g/mol. The van der Waals surface area contributed by atoms with Gasteiger partial charge in [0.1, 0.15) is 0 Å². The molecule has 0 spiro atoms. The average Bonchev–Trinajstić information content (AvgIpc) is 3.38. The van der Waals surface area contributed by atoms with E-state index in [1.807, 2.05) is 0 Å². The van der Waals surface area contributed by atoms with Crippen LogP contribution in [0.3, 0.4) is 0 Å². The minimum atomic E-state index is -3.56. The molecule has 8 nitrogen and oxygen atoms in total. The van der Waals surface area contributed by atoms with Gasteiger partial charge in [0.05, 0.1) is 20.7 Å². The summed E-state index contributed by atoms with van der Waals surface area (Å²) in [7, 11) is -7.07. The molecule has 0 saturated carbocycles. The number of nitrogens with zero attached hydrogens (tertiary/aromatic N) is 2. The molecule has 4 rings (SSSR count). The molecule has 0 aromatic heterocycles. The molecule has 1 N–H and O–H groups in total. The number of carbonyl (C=O) groups is 1. The molecule has 2 aromatic rings. The summed E-state index contributed by atoms with van der Waals surface area (Å²) in [5, 5.41) is 3.49. The van der Waals surface area contributed by atoms with Crippen molar-refractivity contribution in [3.63, 3.8) is 0 Å². The highest BCUT2D eigenvalue weighted by Crippen LogP contribution is 2.27. The first-order valence-corrected chi connectivity index (χ1v) is 15.2. The van der Waals surface area contributed by atoms with Crippen LogP contribution in [0.4, 0.5) is 5.69 Å². The molecule has 2 fully saturated rings. The number of nitrogens with one attached hydrogen (secondary N) is 1. The van der Waals surface area contributed by atoms with Crippen molar-refractivity contribution in [2.75, 3.05) is 31.5 Å². The minimum absolute atomic E-state index is 0.187. The van der Waals surface area contributed by atoms with Crippen molar-refractivity contribution in [3.8, 4) is 0 Å². The lowest BCUT2D eigenvalue weighted by molar-refractivity contribution is -0.120. The number of hydrogen-bond acceptors (Lipinski definition) is 5. The molecular weight excluding hydrogens is 533 g/mol. The third-order valence-electron chi connectivity index (χ3n) is 6.38. The molecule has 190 valence electrons. The Bertz CT molecular complexity index is 1290. The summed E-state index contributed by atoms with van der Waals surface area (Å²) in [6.07, 6.45) is 2.52. The quantitative estimate of drug-likeness (QED) is 0.552. The van der Waals surface area contributed by atoms with Crippen molar-refractivity contribution in [2.45, 2.75) is 36.3 Å². The molecule has 2 saturated heterocycles. The lowest BCUT2D eigenvalue weighted by Gasteiger charge is -2.30. The molecule has 2 aliphatic rings. The molecular formula is C23H27Cl2N3O5S2. The first-order chi connectivity index (χ1) is 16.6. The zero-order valence-electron chi connectivity index (χ0n) is 19.0. The van der Waals surface area contributed by atoms with E-state index in [2.05, 4.69) is 5.32 Å². The van der Waals surface area contributed by atoms with Gasteiger partial charge < -0.3 is 5.32 Å². The fourth-order valence-electron chi connectivity index (χ4n) is 4.36. The van der Waals surface area contributed by atoms with Gasteiger partial charge in [-0.1, -0.05) is 29.3 Å². The molecule has 2 aliphatic heterocycles. The number of benzene rings is 2. The number of piperidine rings is 1. The Morgan fingerprint density at radius 2 is 1.49 bits per heavy atom. The monoisotopic (exact) mass is 559 g/mol. The van der Waals surface area contributed by atoms with Crippen LogP contribution in [0.2, 0.25) is 10.0 Å². The zero-order valence-corrected chi connectivity index (χ0v) is 22.1. The zero-order chi connectivity index (χ0) is 25.2. The Labute approximate surface area is 216 Å². The fourth-order valence-corrected chi connectivity index (χ4v) is 7.75. The molecule has 35 heavy (non-hydrogen) atoms. The third-order valence-corrected chi connectivity index (χ3v) is 10.9. The predicted octanol–water partition coefficient (Wildman–Crippen LogP) is 3.96. The van der Waals surface area contributed by atoms with Crippen LogP contribution in [-0.4, -0.2) is 57.5 Å². The molecule has 0 aliphatic carbocycles. The maximum absolute atomic E-state index is 12.8. The van der Waals surface area contributed by atoms with Crippen LogP contribution in [0.5, 0.6) is 0 Å². The van der Waals surface area contributed by atoms with Gasteiger partial charge in [0.15, 0.2) is 0 Å². The van der Waals surface area contributed by atoms with E-state index in [4.69, 9.17) is 23.2 Å². The van der Waals surface area contributed by atoms with E-state index in [9.17, 15) is 21.6 Å². The van der Waals surface area contributed by atoms with Crippen LogP contribution in [0.25, 0.3) is 0 Å². The van der Waals surface area contributed by atoms with Crippen molar-refractivity contribution in [3.05, 3.63) is 58.1 Å². The predicted molar refractivity (Wildman–Crippen MR) is 136 cm³/mol. The molecule has 0 bridgehead atoms. The van der Waals surface area contributed by atoms with E-state index in [1.54, 1.807) is 30.3 Å². The van der Waals surface area contributed by atoms with Crippen LogP contribution in [0.1, 0.15) is 31.2 Å². The summed E-state index contributed by atoms with van der Waals surface area (Å²) in [4.78, 5) is 12.9. The Morgan fingerprint density at radius 3 is 2.09 bits per heavy atom. The number of anilines is 1. The standard InChI is InChI=1S/C23H27Cl2N3O5S2/c24-21-8-3-17(15-22(21)25)16-34(30,31)27-13-9-18(10-14-27)23(29)26-19-4-6-20(7-5-19)35(32,33)28-11-1-2-12-28/h3-8,15,18H,1-2,9-14,16H2,(H,26,29). The third kappa shape index (κ3) is 6.18. The summed E-state index contributed by atoms with van der Waals surface area (Å²) >= 11 is 11.9. The first kappa shape index (κ1) is 26.4. The number of rotatable bonds is 7. The number of carbonyl (C=O) groups excluding carboxylic acids is 1. The largest absolute Gasteiger partial charge is 0.326 e. The number of amides is 1. The summed E-state index contributed by atoms with van der Waals surface area (Å²) < 4.78 is 53.8. The highest BCUT2D eigenvalue weighted by molar-refractivity contribution is 7.89. The molecule has 0 radical (unpaired) electrons. The maximum atomic E-state index is 12.8. The normalized spacial score (nSPS) is 18.6. The van der Waals surface area contributed by atoms with Crippen molar-refractivity contribution >= 4 is 54.8 Å². The van der Waals surface area contributed by atoms with Gasteiger partial charge in [-0.15, -0.1) is 0 Å². The summed E-state index contributed by atoms with van der Waals surface area (Å²) in [5.74, 6) is -0.728. The lowest BCUT2D eigenvalue weighted by atomic mass is 9.97. The van der Waals surface area contributed by atoms with Gasteiger partial charge in [-0.25, -0.2) is 21.1 Å². The minimum Gasteiger partial charge on any atom is -0.326 e. The fraction of sp³-hybridized carbons (Fsp3) is 0.435. The van der Waals surface area contributed by atoms with E-state index >= 15 is 0 Å². The van der Waals surface area contributed by atoms with Gasteiger partial charge in [-0.05, 0) is 67.6 Å². The number of hydrogen-bond donors (Lipinski definition) is 1. The van der Waals surface area contributed by atoms with Gasteiger partial charge in [0, 0.05) is 37.8 Å². The molecule has 12 heteroatoms. The Balaban J connectivity index is 1.31. The molecule has 1 amide bonds. The van der Waals surface area contributed by atoms with E-state index in [0.717, 1.165) is 12.8 Å². The van der Waals surface area contributed by atoms with Crippen LogP contribution < -0.4 is 5.32 Å². The second-order valence-electron chi connectivity index (χ2n) is 8.80. The SMILES string of the molecule is O=C(Nc1ccc(S(=O)(=O)N2CCCC2)cc1)C1CCN(S(=O)(=O)Cc2ccc(Cl)c(Cl)c2)CC1. The maximum Gasteiger partial charge on any atom is 0.243 e. The second-order valence-corrected chi connectivity index (χ2v) is 13.5. The van der Waals surface area contributed by atoms with E-state index in [0.29, 0.717) is 47.2 Å². The van der Waals surface area contributed by atoms with Crippen molar-refractivity contribution in [2.24, 2.45) is 5.92 Å². The summed E-state index contributed by atoms with van der Waals surface area (Å²) in [5.41, 5.74) is 1.06. The van der Waals surface area contributed by atoms with Crippen molar-refractivity contribution < 1.29 is 21.6 Å². The van der Waals surface area contributed by atoms with Gasteiger partial charge in [-0.2, -0.15) is 4.31 Å². The molecule has 2 heterocycles. The highest BCUT2D eigenvalue weighted by Gasteiger charge is 2.32. The van der Waals surface area contributed by atoms with Gasteiger partial charge in [-0.3, -0.25) is 4.79 Å². The van der Waals surface area contributed by atoms with Crippen molar-refractivity contribution in [1.82, 2.24) is 8.61 Å². The first-order valence-electron chi connectivity index (χ1n) is 11.4. The number of halogens is 2. The van der Waals surface area contributed by atoms with Crippen LogP contribution in [0.15, 0.2) is 47.4 Å². The lowest BCUT2D eigenvalue weighted by Crippen LogP contribution is -2.41. The Hall–Kier alpha value is -1.69. The van der Waals surface area contributed by atoms with E-state index in [1.165, 1.54) is 20.7 Å². The Morgan fingerprint density at radius 1 is 0.857 bits per heavy atom. The van der Waals surface area contributed by atoms with Crippen molar-refractivity contribution in [1.29, 1.82) is 0 Å². The number of sulfonamides is 2. The van der Waals surface area contributed by atoms with Crippen LogP contribution >= 0.6 is 23.2 Å². The highest BCUT2D eigenvalue weighted by atomic mass is 35.5. The van der Waals surface area contributed by atoms with Gasteiger partial charge in [0.25, 0.3) is 0 Å². The van der Waals surface area contributed by atoms with E-state index in [-0.39, 0.29) is 35.6 Å². The van der Waals surface area contributed by atoms with Crippen LogP contribution in [-0.2, 0) is 30.6 Å². The van der Waals surface area contributed by atoms with Crippen LogP contribution in [0, 0.1) is 5.92 Å². The summed E-state index contributed by atoms with van der Waals surface area (Å²) in [6.45, 7) is 1.55. The Kier molecular flexibility index (Phi) is 8.09.